The molecule has 1 aromatic rings. The van der Waals surface area contributed by atoms with Crippen LogP contribution in [0.15, 0.2) is 18.2 Å². The van der Waals surface area contributed by atoms with Crippen LogP contribution in [0.4, 0.5) is 13.2 Å². The summed E-state index contributed by atoms with van der Waals surface area (Å²) in [6.07, 6.45) is 0. The fraction of sp³-hybridized carbons (Fsp3) is 0.455. The van der Waals surface area contributed by atoms with Crippen LogP contribution >= 0.6 is 11.6 Å². The molecule has 16 heavy (non-hydrogen) atoms. The van der Waals surface area contributed by atoms with Gasteiger partial charge in [0.15, 0.2) is 0 Å². The van der Waals surface area contributed by atoms with Crippen molar-refractivity contribution in [1.29, 1.82) is 0 Å². The molecule has 0 spiro atoms. The van der Waals surface area contributed by atoms with Gasteiger partial charge < -0.3 is 5.73 Å². The van der Waals surface area contributed by atoms with E-state index in [2.05, 4.69) is 0 Å². The average Bonchev–Trinajstić information content (AvgIpc) is 2.21. The fourth-order valence-electron chi connectivity index (χ4n) is 1.21. The summed E-state index contributed by atoms with van der Waals surface area (Å²) in [5, 5.41) is -0.315. The SMILES string of the molecule is CC(C)(CN)C(F)(F)c1ccc(F)c(Cl)c1. The second kappa shape index (κ2) is 4.26. The van der Waals surface area contributed by atoms with Gasteiger partial charge >= 0.3 is 0 Å². The van der Waals surface area contributed by atoms with Crippen LogP contribution in [-0.2, 0) is 5.92 Å². The number of benzene rings is 1. The maximum Gasteiger partial charge on any atom is 0.279 e. The largest absolute Gasteiger partial charge is 0.330 e. The van der Waals surface area contributed by atoms with Gasteiger partial charge in [-0.3, -0.25) is 0 Å². The predicted octanol–water partition coefficient (Wildman–Crippen LogP) is 3.56. The van der Waals surface area contributed by atoms with E-state index < -0.39 is 17.2 Å². The summed E-state index contributed by atoms with van der Waals surface area (Å²) in [4.78, 5) is 0. The number of alkyl halides is 2. The van der Waals surface area contributed by atoms with Gasteiger partial charge in [0, 0.05) is 17.5 Å². The Balaban J connectivity index is 3.22. The van der Waals surface area contributed by atoms with Crippen molar-refractivity contribution in [1.82, 2.24) is 0 Å². The minimum atomic E-state index is -3.15. The van der Waals surface area contributed by atoms with Crippen LogP contribution in [0.1, 0.15) is 19.4 Å². The Labute approximate surface area is 97.4 Å². The molecular weight excluding hydrogens is 239 g/mol. The summed E-state index contributed by atoms with van der Waals surface area (Å²) in [5.74, 6) is -3.87. The first-order valence-corrected chi connectivity index (χ1v) is 5.13. The Kier molecular flexibility index (Phi) is 3.55. The van der Waals surface area contributed by atoms with Crippen molar-refractivity contribution in [3.05, 3.63) is 34.6 Å². The van der Waals surface area contributed by atoms with E-state index in [1.165, 1.54) is 13.8 Å². The van der Waals surface area contributed by atoms with Crippen LogP contribution in [-0.4, -0.2) is 6.54 Å². The lowest BCUT2D eigenvalue weighted by molar-refractivity contribution is -0.108. The normalized spacial score (nSPS) is 12.9. The van der Waals surface area contributed by atoms with Gasteiger partial charge in [-0.25, -0.2) is 13.2 Å². The quantitative estimate of drug-likeness (QED) is 0.873. The summed E-state index contributed by atoms with van der Waals surface area (Å²) in [7, 11) is 0. The second-order valence-electron chi connectivity index (χ2n) is 4.29. The molecular formula is C11H13ClF3N. The van der Waals surface area contributed by atoms with Gasteiger partial charge in [-0.1, -0.05) is 31.5 Å². The molecule has 0 heterocycles. The summed E-state index contributed by atoms with van der Waals surface area (Å²) in [6, 6.07) is 2.89. The molecule has 5 heteroatoms. The standard InChI is InChI=1S/C11H13ClF3N/c1-10(2,6-16)11(14,15)7-3-4-9(13)8(12)5-7/h3-5H,6,16H2,1-2H3. The molecule has 0 saturated heterocycles. The van der Waals surface area contributed by atoms with Gasteiger partial charge in [-0.15, -0.1) is 0 Å². The molecule has 2 N–H and O–H groups in total. The molecule has 0 aromatic heterocycles. The molecule has 0 saturated carbocycles. The number of rotatable bonds is 3. The molecule has 0 fully saturated rings. The van der Waals surface area contributed by atoms with E-state index in [0.717, 1.165) is 18.2 Å². The zero-order valence-corrected chi connectivity index (χ0v) is 9.78. The van der Waals surface area contributed by atoms with Crippen LogP contribution in [0, 0.1) is 11.2 Å². The first kappa shape index (κ1) is 13.3. The Morgan fingerprint density at radius 1 is 1.31 bits per heavy atom. The molecule has 90 valence electrons. The maximum absolute atomic E-state index is 14.0. The minimum Gasteiger partial charge on any atom is -0.330 e. The van der Waals surface area contributed by atoms with Crippen molar-refractivity contribution in [3.63, 3.8) is 0 Å². The van der Waals surface area contributed by atoms with Crippen LogP contribution in [0.25, 0.3) is 0 Å². The molecule has 0 amide bonds. The fourth-order valence-corrected chi connectivity index (χ4v) is 1.39. The molecule has 0 aliphatic rings. The lowest BCUT2D eigenvalue weighted by atomic mass is 9.81. The van der Waals surface area contributed by atoms with Gasteiger partial charge in [0.2, 0.25) is 0 Å². The third kappa shape index (κ3) is 2.18. The summed E-state index contributed by atoms with van der Waals surface area (Å²) in [6.45, 7) is 2.52. The van der Waals surface area contributed by atoms with Crippen LogP contribution in [0.3, 0.4) is 0 Å². The third-order valence-electron chi connectivity index (χ3n) is 2.64. The zero-order valence-electron chi connectivity index (χ0n) is 9.03. The summed E-state index contributed by atoms with van der Waals surface area (Å²) < 4.78 is 40.8. The van der Waals surface area contributed by atoms with E-state index in [0.29, 0.717) is 0 Å². The highest BCUT2D eigenvalue weighted by Crippen LogP contribution is 2.44. The highest BCUT2D eigenvalue weighted by atomic mass is 35.5. The lowest BCUT2D eigenvalue weighted by Gasteiger charge is -2.33. The van der Waals surface area contributed by atoms with Crippen LogP contribution in [0.5, 0.6) is 0 Å². The van der Waals surface area contributed by atoms with E-state index in [-0.39, 0.29) is 17.1 Å². The van der Waals surface area contributed by atoms with Crippen LogP contribution in [0.2, 0.25) is 5.02 Å². The van der Waals surface area contributed by atoms with Crippen LogP contribution < -0.4 is 5.73 Å². The minimum absolute atomic E-state index is 0.186. The first-order valence-electron chi connectivity index (χ1n) is 4.76. The van der Waals surface area contributed by atoms with Crippen molar-refractivity contribution in [2.24, 2.45) is 11.1 Å². The molecule has 0 bridgehead atoms. The smallest absolute Gasteiger partial charge is 0.279 e. The Hall–Kier alpha value is -0.740. The summed E-state index contributed by atoms with van der Waals surface area (Å²) in [5.41, 5.74) is 3.58. The molecule has 1 nitrogen and oxygen atoms in total. The van der Waals surface area contributed by atoms with E-state index >= 15 is 0 Å². The Morgan fingerprint density at radius 2 is 1.88 bits per heavy atom. The van der Waals surface area contributed by atoms with Crippen molar-refractivity contribution >= 4 is 11.6 Å². The second-order valence-corrected chi connectivity index (χ2v) is 4.70. The van der Waals surface area contributed by atoms with E-state index in [1.807, 2.05) is 0 Å². The van der Waals surface area contributed by atoms with E-state index in [9.17, 15) is 13.2 Å². The highest BCUT2D eigenvalue weighted by Gasteiger charge is 2.47. The number of hydrogen-bond donors (Lipinski definition) is 1. The van der Waals surface area contributed by atoms with Crippen molar-refractivity contribution < 1.29 is 13.2 Å². The first-order chi connectivity index (χ1) is 7.22. The van der Waals surface area contributed by atoms with Crippen molar-refractivity contribution in [2.75, 3.05) is 6.54 Å². The Morgan fingerprint density at radius 3 is 2.31 bits per heavy atom. The molecule has 0 radical (unpaired) electrons. The number of nitrogens with two attached hydrogens (primary N) is 1. The zero-order chi connectivity index (χ0) is 12.6. The van der Waals surface area contributed by atoms with E-state index in [1.54, 1.807) is 0 Å². The third-order valence-corrected chi connectivity index (χ3v) is 2.93. The van der Waals surface area contributed by atoms with E-state index in [4.69, 9.17) is 17.3 Å². The molecule has 1 rings (SSSR count). The number of hydrogen-bond acceptors (Lipinski definition) is 1. The topological polar surface area (TPSA) is 26.0 Å². The van der Waals surface area contributed by atoms with Gasteiger partial charge in [-0.05, 0) is 12.1 Å². The highest BCUT2D eigenvalue weighted by molar-refractivity contribution is 6.30. The molecule has 0 unspecified atom stereocenters. The summed E-state index contributed by atoms with van der Waals surface area (Å²) >= 11 is 5.47. The number of halogens is 4. The van der Waals surface area contributed by atoms with Crippen molar-refractivity contribution in [2.45, 2.75) is 19.8 Å². The molecule has 0 aliphatic heterocycles. The van der Waals surface area contributed by atoms with Crippen molar-refractivity contribution in [3.8, 4) is 0 Å². The predicted molar refractivity (Wildman–Crippen MR) is 58.1 cm³/mol. The average molecular weight is 252 g/mol. The monoisotopic (exact) mass is 251 g/mol. The molecule has 0 aliphatic carbocycles. The van der Waals surface area contributed by atoms with Gasteiger partial charge in [-0.2, -0.15) is 0 Å². The Bertz CT molecular complexity index is 391. The lowest BCUT2D eigenvalue weighted by Crippen LogP contribution is -2.40. The molecule has 0 atom stereocenters. The van der Waals surface area contributed by atoms with Gasteiger partial charge in [0.05, 0.1) is 5.02 Å². The van der Waals surface area contributed by atoms with Gasteiger partial charge in [0.1, 0.15) is 5.82 Å². The maximum atomic E-state index is 14.0. The molecule has 1 aromatic carbocycles. The van der Waals surface area contributed by atoms with Gasteiger partial charge in [0.25, 0.3) is 5.92 Å².